The van der Waals surface area contributed by atoms with Crippen LogP contribution in [0.15, 0.2) is 15.9 Å². The number of halogens is 1. The van der Waals surface area contributed by atoms with Crippen LogP contribution < -0.4 is 11.1 Å². The van der Waals surface area contributed by atoms with Crippen LogP contribution in [0.1, 0.15) is 30.6 Å². The second-order valence-corrected chi connectivity index (χ2v) is 5.42. The van der Waals surface area contributed by atoms with Gasteiger partial charge in [-0.15, -0.1) is 11.3 Å². The molecule has 0 aromatic carbocycles. The van der Waals surface area contributed by atoms with E-state index in [9.17, 15) is 4.79 Å². The van der Waals surface area contributed by atoms with E-state index in [1.54, 1.807) is 11.3 Å². The summed E-state index contributed by atoms with van der Waals surface area (Å²) in [5.41, 5.74) is 5.38. The molecule has 1 rings (SSSR count). The van der Waals surface area contributed by atoms with E-state index in [0.29, 0.717) is 19.5 Å². The fourth-order valence-electron chi connectivity index (χ4n) is 1.33. The molecular formula is C11H17BrN2OS. The molecular weight excluding hydrogens is 288 g/mol. The van der Waals surface area contributed by atoms with Crippen LogP contribution in [-0.2, 0) is 11.3 Å². The van der Waals surface area contributed by atoms with Crippen molar-refractivity contribution in [3.05, 3.63) is 20.8 Å². The molecule has 1 heterocycles. The van der Waals surface area contributed by atoms with Gasteiger partial charge in [0.25, 0.3) is 0 Å². The number of unbranched alkanes of at least 4 members (excludes halogenated alkanes) is 2. The van der Waals surface area contributed by atoms with Crippen molar-refractivity contribution in [1.29, 1.82) is 0 Å². The summed E-state index contributed by atoms with van der Waals surface area (Å²) in [6.07, 6.45) is 3.56. The summed E-state index contributed by atoms with van der Waals surface area (Å²) in [4.78, 5) is 12.6. The molecule has 0 radical (unpaired) electrons. The van der Waals surface area contributed by atoms with Crippen molar-refractivity contribution in [2.45, 2.75) is 32.2 Å². The highest BCUT2D eigenvalue weighted by atomic mass is 79.9. The van der Waals surface area contributed by atoms with Gasteiger partial charge in [0.1, 0.15) is 0 Å². The number of hydrogen-bond acceptors (Lipinski definition) is 3. The van der Waals surface area contributed by atoms with Crippen LogP contribution in [0.2, 0.25) is 0 Å². The van der Waals surface area contributed by atoms with E-state index in [2.05, 4.69) is 21.2 Å². The highest BCUT2D eigenvalue weighted by molar-refractivity contribution is 9.10. The van der Waals surface area contributed by atoms with Gasteiger partial charge in [-0.25, -0.2) is 0 Å². The first-order valence-corrected chi connectivity index (χ1v) is 7.10. The number of thiophene rings is 1. The molecule has 1 aromatic rings. The van der Waals surface area contributed by atoms with Crippen molar-refractivity contribution in [2.75, 3.05) is 6.54 Å². The lowest BCUT2D eigenvalue weighted by Gasteiger charge is -2.04. The van der Waals surface area contributed by atoms with E-state index >= 15 is 0 Å². The topological polar surface area (TPSA) is 55.1 Å². The fourth-order valence-corrected chi connectivity index (χ4v) is 2.76. The van der Waals surface area contributed by atoms with Crippen LogP contribution in [0, 0.1) is 0 Å². The first-order valence-electron chi connectivity index (χ1n) is 5.42. The molecule has 3 nitrogen and oxygen atoms in total. The van der Waals surface area contributed by atoms with E-state index in [4.69, 9.17) is 5.73 Å². The Hall–Kier alpha value is -0.390. The van der Waals surface area contributed by atoms with E-state index in [0.717, 1.165) is 28.6 Å². The first kappa shape index (κ1) is 13.7. The van der Waals surface area contributed by atoms with Crippen LogP contribution in [0.4, 0.5) is 0 Å². The predicted octanol–water partition coefficient (Wildman–Crippen LogP) is 2.65. The SMILES string of the molecule is NCCCCCC(=O)NCc1sccc1Br. The highest BCUT2D eigenvalue weighted by Crippen LogP contribution is 2.22. The minimum absolute atomic E-state index is 0.123. The van der Waals surface area contributed by atoms with Crippen LogP contribution in [-0.4, -0.2) is 12.5 Å². The zero-order valence-electron chi connectivity index (χ0n) is 9.17. The Bertz CT molecular complexity index is 328. The molecule has 1 amide bonds. The lowest BCUT2D eigenvalue weighted by Crippen LogP contribution is -2.22. The standard InChI is InChI=1S/C11H17BrN2OS/c12-9-5-7-16-10(9)8-14-11(15)4-2-1-3-6-13/h5,7H,1-4,6,8,13H2,(H,14,15). The molecule has 0 atom stereocenters. The predicted molar refractivity (Wildman–Crippen MR) is 71.4 cm³/mol. The van der Waals surface area contributed by atoms with Crippen molar-refractivity contribution in [3.8, 4) is 0 Å². The van der Waals surface area contributed by atoms with Gasteiger partial charge in [-0.1, -0.05) is 6.42 Å². The van der Waals surface area contributed by atoms with Crippen LogP contribution >= 0.6 is 27.3 Å². The van der Waals surface area contributed by atoms with E-state index in [-0.39, 0.29) is 5.91 Å². The average molecular weight is 305 g/mol. The molecule has 0 unspecified atom stereocenters. The summed E-state index contributed by atoms with van der Waals surface area (Å²) in [6, 6.07) is 1.99. The van der Waals surface area contributed by atoms with Crippen molar-refractivity contribution < 1.29 is 4.79 Å². The maximum absolute atomic E-state index is 11.5. The second kappa shape index (κ2) is 7.81. The molecule has 1 aromatic heterocycles. The van der Waals surface area contributed by atoms with Crippen LogP contribution in [0.5, 0.6) is 0 Å². The van der Waals surface area contributed by atoms with Crippen molar-refractivity contribution in [2.24, 2.45) is 5.73 Å². The largest absolute Gasteiger partial charge is 0.351 e. The Labute approximate surface area is 109 Å². The molecule has 0 aliphatic heterocycles. The lowest BCUT2D eigenvalue weighted by molar-refractivity contribution is -0.121. The summed E-state index contributed by atoms with van der Waals surface area (Å²) in [6.45, 7) is 1.33. The molecule has 0 saturated heterocycles. The van der Waals surface area contributed by atoms with Crippen LogP contribution in [0.3, 0.4) is 0 Å². The minimum atomic E-state index is 0.123. The van der Waals surface area contributed by atoms with E-state index in [1.165, 1.54) is 0 Å². The maximum atomic E-state index is 11.5. The van der Waals surface area contributed by atoms with Gasteiger partial charge in [0.15, 0.2) is 0 Å². The summed E-state index contributed by atoms with van der Waals surface area (Å²) in [5, 5.41) is 4.92. The Morgan fingerprint density at radius 2 is 2.25 bits per heavy atom. The molecule has 0 saturated carbocycles. The number of amides is 1. The van der Waals surface area contributed by atoms with Crippen LogP contribution in [0.25, 0.3) is 0 Å². The van der Waals surface area contributed by atoms with Gasteiger partial charge in [-0.3, -0.25) is 4.79 Å². The van der Waals surface area contributed by atoms with Gasteiger partial charge in [0.05, 0.1) is 6.54 Å². The Morgan fingerprint density at radius 1 is 1.44 bits per heavy atom. The summed E-state index contributed by atoms with van der Waals surface area (Å²) >= 11 is 5.08. The monoisotopic (exact) mass is 304 g/mol. The minimum Gasteiger partial charge on any atom is -0.351 e. The van der Waals surface area contributed by atoms with Gasteiger partial charge in [0.2, 0.25) is 5.91 Å². The van der Waals surface area contributed by atoms with Gasteiger partial charge in [0, 0.05) is 15.8 Å². The van der Waals surface area contributed by atoms with Gasteiger partial charge >= 0.3 is 0 Å². The number of carbonyl (C=O) groups excluding carboxylic acids is 1. The Kier molecular flexibility index (Phi) is 6.68. The Morgan fingerprint density at radius 3 is 2.88 bits per heavy atom. The number of carbonyl (C=O) groups is 1. The number of rotatable bonds is 7. The molecule has 3 N–H and O–H groups in total. The van der Waals surface area contributed by atoms with Gasteiger partial charge < -0.3 is 11.1 Å². The quantitative estimate of drug-likeness (QED) is 0.761. The number of nitrogens with two attached hydrogens (primary N) is 1. The highest BCUT2D eigenvalue weighted by Gasteiger charge is 2.04. The first-order chi connectivity index (χ1) is 7.74. The summed E-state index contributed by atoms with van der Waals surface area (Å²) in [5.74, 6) is 0.123. The fraction of sp³-hybridized carbons (Fsp3) is 0.545. The zero-order chi connectivity index (χ0) is 11.8. The molecule has 0 spiro atoms. The normalized spacial score (nSPS) is 10.4. The second-order valence-electron chi connectivity index (χ2n) is 3.57. The molecule has 5 heteroatoms. The third-order valence-electron chi connectivity index (χ3n) is 2.25. The molecule has 90 valence electrons. The number of hydrogen-bond donors (Lipinski definition) is 2. The molecule has 0 fully saturated rings. The summed E-state index contributed by atoms with van der Waals surface area (Å²) < 4.78 is 1.07. The van der Waals surface area contributed by atoms with Crippen molar-refractivity contribution >= 4 is 33.2 Å². The smallest absolute Gasteiger partial charge is 0.220 e. The zero-order valence-corrected chi connectivity index (χ0v) is 11.6. The Balaban J connectivity index is 2.13. The number of nitrogens with one attached hydrogen (secondary N) is 1. The third kappa shape index (κ3) is 5.09. The lowest BCUT2D eigenvalue weighted by atomic mass is 10.2. The molecule has 0 aliphatic carbocycles. The van der Waals surface area contributed by atoms with E-state index in [1.807, 2.05) is 11.4 Å². The van der Waals surface area contributed by atoms with Gasteiger partial charge in [-0.05, 0) is 46.8 Å². The van der Waals surface area contributed by atoms with E-state index < -0.39 is 0 Å². The molecule has 0 aliphatic rings. The van der Waals surface area contributed by atoms with Gasteiger partial charge in [-0.2, -0.15) is 0 Å². The summed E-state index contributed by atoms with van der Waals surface area (Å²) in [7, 11) is 0. The maximum Gasteiger partial charge on any atom is 0.220 e. The van der Waals surface area contributed by atoms with Crippen molar-refractivity contribution in [1.82, 2.24) is 5.32 Å². The van der Waals surface area contributed by atoms with Crippen molar-refractivity contribution in [3.63, 3.8) is 0 Å². The third-order valence-corrected chi connectivity index (χ3v) is 4.17. The molecule has 16 heavy (non-hydrogen) atoms. The molecule has 0 bridgehead atoms. The average Bonchev–Trinajstić information content (AvgIpc) is 2.67.